The molecule has 6 aliphatic rings. The zero-order valence-electron chi connectivity index (χ0n) is 56.2. The van der Waals surface area contributed by atoms with E-state index in [4.69, 9.17) is 36.8 Å². The molecular formula is C70H81ClF6N18O3. The Kier molecular flexibility index (Phi) is 19.4. The van der Waals surface area contributed by atoms with E-state index in [1.807, 2.05) is 50.6 Å². The first-order valence-corrected chi connectivity index (χ1v) is 34.5. The van der Waals surface area contributed by atoms with Crippen molar-refractivity contribution in [2.24, 2.45) is 17.8 Å². The summed E-state index contributed by atoms with van der Waals surface area (Å²) >= 11 is 5.81. The Bertz CT molecular complexity index is 4480. The lowest BCUT2D eigenvalue weighted by atomic mass is 9.98. The van der Waals surface area contributed by atoms with Gasteiger partial charge in [-0.15, -0.1) is 0 Å². The number of hydrogen-bond acceptors (Lipinski definition) is 14. The zero-order valence-corrected chi connectivity index (χ0v) is 56.9. The van der Waals surface area contributed by atoms with Gasteiger partial charge < -0.3 is 29.4 Å². The summed E-state index contributed by atoms with van der Waals surface area (Å²) in [6.45, 7) is 18.9. The van der Waals surface area contributed by atoms with Gasteiger partial charge in [0.1, 0.15) is 34.5 Å². The van der Waals surface area contributed by atoms with Crippen LogP contribution in [-0.2, 0) is 0 Å². The fourth-order valence-electron chi connectivity index (χ4n) is 14.9. The number of aromatic nitrogens is 12. The van der Waals surface area contributed by atoms with E-state index in [0.29, 0.717) is 78.0 Å². The Labute approximate surface area is 568 Å². The van der Waals surface area contributed by atoms with Crippen LogP contribution in [0.2, 0.25) is 5.15 Å². The quantitative estimate of drug-likeness (QED) is 0.0713. The molecule has 0 saturated carbocycles. The minimum absolute atomic E-state index is 0.0555. The molecule has 6 saturated heterocycles. The standard InChI is InChI=1S/C24H26F3N5O.C23H26ClFN6O.C23H29F2N7O/c1-14-8-10-30(12-14)23-15(2)13-32-20(28-23)11-18(29-32)19-5-3-4-9-31(19)24(33)21-16(25)6-7-17(26)22(21)27;1-14-7-10-29(12-14)22-15(2)13-31-19(27-22)11-17(28-31)18-5-3-4-9-30(18)23(32)16-6-8-26-21(24)20(16)25;1-14-7-9-29(12-14)21-15(2)13-31-20(26-21)11-17(28-31)18-6-4-5-8-30(18)22(33)19-10-16(3)27-32(19)23(24)25/h6-7,11,13-14,19H,3-5,8-10,12H2,1-2H3;6,8,11,13-14,18H,3-5,7,9-10,12H2,1-2H3;10-11,13-14,18,23H,4-9,12H2,1-3H3/t14-,19-;2*14-,18-/m000/s1. The molecular weight excluding hydrogens is 1290 g/mol. The van der Waals surface area contributed by atoms with Crippen LogP contribution in [0.3, 0.4) is 0 Å². The molecule has 0 radical (unpaired) electrons. The van der Waals surface area contributed by atoms with Gasteiger partial charge in [-0.3, -0.25) is 14.4 Å². The lowest BCUT2D eigenvalue weighted by Crippen LogP contribution is -2.39. The number of carbonyl (C=O) groups excluding carboxylic acids is 3. The third-order valence-corrected chi connectivity index (χ3v) is 20.2. The van der Waals surface area contributed by atoms with Crippen LogP contribution in [0.15, 0.2) is 67.3 Å². The molecule has 21 nitrogen and oxygen atoms in total. The molecule has 6 aliphatic heterocycles. The first-order chi connectivity index (χ1) is 47.1. The van der Waals surface area contributed by atoms with E-state index in [-0.39, 0.29) is 34.4 Å². The molecule has 6 fully saturated rings. The van der Waals surface area contributed by atoms with Crippen molar-refractivity contribution in [1.29, 1.82) is 0 Å². The van der Waals surface area contributed by atoms with Gasteiger partial charge in [-0.05, 0) is 147 Å². The van der Waals surface area contributed by atoms with E-state index in [9.17, 15) is 40.7 Å². The van der Waals surface area contributed by atoms with Crippen molar-refractivity contribution in [3.63, 3.8) is 0 Å². The maximum absolute atomic E-state index is 14.5. The van der Waals surface area contributed by atoms with Crippen molar-refractivity contribution in [3.05, 3.63) is 152 Å². The van der Waals surface area contributed by atoms with Gasteiger partial charge in [0.05, 0.1) is 46.5 Å². The van der Waals surface area contributed by atoms with E-state index in [1.54, 1.807) is 30.3 Å². The number of likely N-dealkylation sites (tertiary alicyclic amines) is 3. The van der Waals surface area contributed by atoms with Gasteiger partial charge in [-0.25, -0.2) is 51.0 Å². The number of aryl methyl sites for hydroxylation is 4. The summed E-state index contributed by atoms with van der Waals surface area (Å²) in [7, 11) is 0. The molecule has 0 bridgehead atoms. The average Bonchev–Trinajstić information content (AvgIpc) is 1.58. The average molecular weight is 1370 g/mol. The number of alkyl halides is 2. The zero-order chi connectivity index (χ0) is 69.0. The van der Waals surface area contributed by atoms with E-state index >= 15 is 0 Å². The Morgan fingerprint density at radius 2 is 0.898 bits per heavy atom. The fraction of sp³-hybridized carbons (Fsp3) is 0.500. The molecule has 15 rings (SSSR count). The van der Waals surface area contributed by atoms with E-state index in [0.717, 1.165) is 160 Å². The molecule has 28 heteroatoms. The first-order valence-electron chi connectivity index (χ1n) is 34.1. The molecule has 6 atom stereocenters. The smallest absolute Gasteiger partial charge is 0.333 e. The van der Waals surface area contributed by atoms with Crippen molar-refractivity contribution in [3.8, 4) is 0 Å². The Hall–Kier alpha value is -8.88. The molecule has 0 spiro atoms. The topological polar surface area (TPSA) is 192 Å². The highest BCUT2D eigenvalue weighted by molar-refractivity contribution is 6.30. The number of nitrogens with zero attached hydrogens (tertiary/aromatic N) is 18. The summed E-state index contributed by atoms with van der Waals surface area (Å²) in [5, 5.41) is 17.7. The van der Waals surface area contributed by atoms with Crippen LogP contribution < -0.4 is 14.7 Å². The number of rotatable bonds is 10. The predicted octanol–water partition coefficient (Wildman–Crippen LogP) is 13.3. The van der Waals surface area contributed by atoms with Crippen LogP contribution in [0.4, 0.5) is 43.8 Å². The molecule has 0 unspecified atom stereocenters. The third kappa shape index (κ3) is 13.6. The number of hydrogen-bond donors (Lipinski definition) is 0. The summed E-state index contributed by atoms with van der Waals surface area (Å²) in [4.78, 5) is 69.7. The van der Waals surface area contributed by atoms with Gasteiger partial charge in [-0.2, -0.15) is 33.9 Å². The van der Waals surface area contributed by atoms with Gasteiger partial charge in [0, 0.05) is 119 Å². The van der Waals surface area contributed by atoms with Gasteiger partial charge >= 0.3 is 6.55 Å². The molecule has 0 aliphatic carbocycles. The first kappa shape index (κ1) is 67.7. The van der Waals surface area contributed by atoms with Crippen LogP contribution >= 0.6 is 11.6 Å². The summed E-state index contributed by atoms with van der Waals surface area (Å²) < 4.78 is 89.5. The number of amides is 3. The molecule has 0 N–H and O–H groups in total. The normalized spacial score (nSPS) is 21.4. The minimum Gasteiger partial charge on any atom is -0.356 e. The van der Waals surface area contributed by atoms with E-state index in [1.165, 1.54) is 29.7 Å². The number of halogens is 7. The summed E-state index contributed by atoms with van der Waals surface area (Å²) in [5.74, 6) is -1.39. The van der Waals surface area contributed by atoms with Crippen LogP contribution in [-0.4, -0.2) is 150 Å². The molecule has 1 aromatic carbocycles. The van der Waals surface area contributed by atoms with Crippen LogP contribution in [0.5, 0.6) is 0 Å². The molecule has 518 valence electrons. The monoisotopic (exact) mass is 1370 g/mol. The van der Waals surface area contributed by atoms with Crippen LogP contribution in [0.25, 0.3) is 16.9 Å². The molecule has 9 aromatic rings. The largest absolute Gasteiger partial charge is 0.356 e. The van der Waals surface area contributed by atoms with Crippen molar-refractivity contribution in [1.82, 2.24) is 73.3 Å². The number of carbonyl (C=O) groups is 3. The molecule has 98 heavy (non-hydrogen) atoms. The highest BCUT2D eigenvalue weighted by Crippen LogP contribution is 2.38. The second-order valence-electron chi connectivity index (χ2n) is 27.5. The molecule has 14 heterocycles. The minimum atomic E-state index is -2.87. The van der Waals surface area contributed by atoms with Crippen LogP contribution in [0, 0.1) is 68.7 Å². The fourth-order valence-corrected chi connectivity index (χ4v) is 15.1. The lowest BCUT2D eigenvalue weighted by Gasteiger charge is -2.34. The second-order valence-corrected chi connectivity index (χ2v) is 27.8. The lowest BCUT2D eigenvalue weighted by molar-refractivity contribution is 0.0407. The van der Waals surface area contributed by atoms with Crippen molar-refractivity contribution >= 4 is 63.7 Å². The summed E-state index contributed by atoms with van der Waals surface area (Å²) in [6, 6.07) is 8.99. The van der Waals surface area contributed by atoms with Crippen LogP contribution in [0.1, 0.15) is 193 Å². The Balaban J connectivity index is 0.000000132. The van der Waals surface area contributed by atoms with Gasteiger partial charge in [0.2, 0.25) is 0 Å². The van der Waals surface area contributed by atoms with E-state index in [2.05, 4.69) is 57.6 Å². The Morgan fingerprint density at radius 3 is 1.31 bits per heavy atom. The maximum Gasteiger partial charge on any atom is 0.333 e. The number of benzene rings is 1. The molecule has 3 amide bonds. The maximum atomic E-state index is 14.5. The second kappa shape index (κ2) is 28.2. The van der Waals surface area contributed by atoms with Crippen molar-refractivity contribution in [2.45, 2.75) is 150 Å². The third-order valence-electron chi connectivity index (χ3n) is 20.0. The highest BCUT2D eigenvalue weighted by atomic mass is 35.5. The highest BCUT2D eigenvalue weighted by Gasteiger charge is 2.38. The van der Waals surface area contributed by atoms with Crippen molar-refractivity contribution < 1.29 is 40.7 Å². The van der Waals surface area contributed by atoms with Gasteiger partial charge in [-0.1, -0.05) is 32.4 Å². The predicted molar refractivity (Wildman–Crippen MR) is 358 cm³/mol. The SMILES string of the molecule is Cc1cc(C(=O)N2CCCC[C@H]2c2cc3nc(N4CC[C@H](C)C4)c(C)cn3n2)n(C(F)F)n1.Cc1cn2nc([C@@H]3CCCCN3C(=O)c3c(F)ccc(F)c3F)cc2nc1N1CC[C@H](C)C1.Cc1cn2nc([C@@H]3CCCCN3C(=O)c3ccnc(Cl)c3F)cc2nc1N1CC[C@H](C)C1. The Morgan fingerprint density at radius 1 is 0.490 bits per heavy atom. The summed E-state index contributed by atoms with van der Waals surface area (Å²) in [5.41, 5.74) is 6.81. The summed E-state index contributed by atoms with van der Waals surface area (Å²) in [6.07, 6.45) is 18.0. The number of fused-ring (bicyclic) bond motifs is 3. The van der Waals surface area contributed by atoms with Gasteiger partial charge in [0.15, 0.2) is 39.5 Å². The number of pyridine rings is 1. The number of anilines is 3. The molecule has 8 aromatic heterocycles. The van der Waals surface area contributed by atoms with Crippen molar-refractivity contribution in [2.75, 3.05) is 73.6 Å². The number of piperidine rings is 3. The van der Waals surface area contributed by atoms with Gasteiger partial charge in [0.25, 0.3) is 17.7 Å². The van der Waals surface area contributed by atoms with E-state index < -0.39 is 53.2 Å².